The Hall–Kier alpha value is -3.02. The normalized spacial score (nSPS) is 26.0. The second kappa shape index (κ2) is 7.10. The molecule has 2 aliphatic rings. The summed E-state index contributed by atoms with van der Waals surface area (Å²) in [6.07, 6.45) is 0. The SMILES string of the molecule is Cc1ccc(C2C3C(NNC3c3ccc(F)cc3)C(=O)N2c2ccccc2)cc1. The second-order valence-electron chi connectivity index (χ2n) is 7.77. The molecule has 2 heterocycles. The van der Waals surface area contributed by atoms with E-state index < -0.39 is 0 Å². The van der Waals surface area contributed by atoms with Gasteiger partial charge in [-0.3, -0.25) is 4.79 Å². The number of anilines is 1. The highest BCUT2D eigenvalue weighted by atomic mass is 19.1. The number of amides is 1. The van der Waals surface area contributed by atoms with Crippen LogP contribution in [0.2, 0.25) is 0 Å². The molecule has 0 aromatic heterocycles. The van der Waals surface area contributed by atoms with Crippen LogP contribution in [0, 0.1) is 18.7 Å². The number of carbonyl (C=O) groups is 1. The molecular formula is C24H22FN3O. The number of rotatable bonds is 3. The van der Waals surface area contributed by atoms with E-state index in [1.165, 1.54) is 17.7 Å². The van der Waals surface area contributed by atoms with E-state index in [1.807, 2.05) is 35.2 Å². The highest BCUT2D eigenvalue weighted by Gasteiger charge is 2.55. The fourth-order valence-electron chi connectivity index (χ4n) is 4.60. The molecule has 3 aromatic rings. The summed E-state index contributed by atoms with van der Waals surface area (Å²) < 4.78 is 13.5. The van der Waals surface area contributed by atoms with Gasteiger partial charge in [0.05, 0.1) is 12.1 Å². The lowest BCUT2D eigenvalue weighted by Gasteiger charge is -2.31. The van der Waals surface area contributed by atoms with E-state index >= 15 is 0 Å². The largest absolute Gasteiger partial charge is 0.303 e. The summed E-state index contributed by atoms with van der Waals surface area (Å²) in [4.78, 5) is 15.3. The smallest absolute Gasteiger partial charge is 0.246 e. The summed E-state index contributed by atoms with van der Waals surface area (Å²) in [5, 5.41) is 0. The van der Waals surface area contributed by atoms with Crippen LogP contribution in [0.4, 0.5) is 10.1 Å². The van der Waals surface area contributed by atoms with Gasteiger partial charge in [-0.15, -0.1) is 0 Å². The summed E-state index contributed by atoms with van der Waals surface area (Å²) in [6, 6.07) is 24.1. The fourth-order valence-corrected chi connectivity index (χ4v) is 4.60. The number of fused-ring (bicyclic) bond motifs is 1. The topological polar surface area (TPSA) is 44.4 Å². The van der Waals surface area contributed by atoms with E-state index in [0.717, 1.165) is 16.8 Å². The zero-order valence-electron chi connectivity index (χ0n) is 16.0. The molecule has 29 heavy (non-hydrogen) atoms. The van der Waals surface area contributed by atoms with Crippen molar-refractivity contribution in [2.24, 2.45) is 5.92 Å². The zero-order chi connectivity index (χ0) is 20.0. The van der Waals surface area contributed by atoms with Crippen LogP contribution in [0.5, 0.6) is 0 Å². The molecule has 2 aliphatic heterocycles. The van der Waals surface area contributed by atoms with Gasteiger partial charge in [-0.25, -0.2) is 15.2 Å². The molecule has 4 atom stereocenters. The van der Waals surface area contributed by atoms with Crippen LogP contribution in [0.1, 0.15) is 28.8 Å². The minimum atomic E-state index is -0.350. The summed E-state index contributed by atoms with van der Waals surface area (Å²) in [6.45, 7) is 2.06. The standard InChI is InChI=1S/C24H22FN3O/c1-15-7-9-17(10-8-15)23-20-21(16-11-13-18(25)14-12-16)26-27-22(20)24(29)28(23)19-5-3-2-4-6-19/h2-14,20-23,26-27H,1H3. The Balaban J connectivity index is 1.62. The van der Waals surface area contributed by atoms with E-state index in [-0.39, 0.29) is 35.8 Å². The number of nitrogens with one attached hydrogen (secondary N) is 2. The van der Waals surface area contributed by atoms with Crippen LogP contribution in [-0.2, 0) is 4.79 Å². The maximum Gasteiger partial charge on any atom is 0.246 e. The maximum atomic E-state index is 13.5. The van der Waals surface area contributed by atoms with Gasteiger partial charge in [0.15, 0.2) is 0 Å². The molecule has 146 valence electrons. The minimum absolute atomic E-state index is 0.0316. The van der Waals surface area contributed by atoms with Gasteiger partial charge in [-0.05, 0) is 42.3 Å². The second-order valence-corrected chi connectivity index (χ2v) is 7.77. The first kappa shape index (κ1) is 18.0. The quantitative estimate of drug-likeness (QED) is 0.713. The molecule has 4 unspecified atom stereocenters. The van der Waals surface area contributed by atoms with Crippen molar-refractivity contribution in [3.63, 3.8) is 0 Å². The minimum Gasteiger partial charge on any atom is -0.303 e. The molecule has 3 aromatic carbocycles. The Labute approximate surface area is 169 Å². The lowest BCUT2D eigenvalue weighted by molar-refractivity contribution is -0.119. The van der Waals surface area contributed by atoms with Gasteiger partial charge in [0.1, 0.15) is 11.9 Å². The van der Waals surface area contributed by atoms with Crippen molar-refractivity contribution in [1.82, 2.24) is 10.9 Å². The molecule has 5 heteroatoms. The van der Waals surface area contributed by atoms with E-state index in [2.05, 4.69) is 42.0 Å². The van der Waals surface area contributed by atoms with Crippen molar-refractivity contribution in [3.8, 4) is 0 Å². The van der Waals surface area contributed by atoms with Crippen molar-refractivity contribution in [1.29, 1.82) is 0 Å². The number of hydrazine groups is 1. The highest BCUT2D eigenvalue weighted by molar-refractivity contribution is 6.01. The third-order valence-electron chi connectivity index (χ3n) is 5.99. The van der Waals surface area contributed by atoms with Gasteiger partial charge in [0.2, 0.25) is 5.91 Å². The lowest BCUT2D eigenvalue weighted by Crippen LogP contribution is -2.41. The van der Waals surface area contributed by atoms with Gasteiger partial charge in [-0.2, -0.15) is 0 Å². The maximum absolute atomic E-state index is 13.5. The number of nitrogens with zero attached hydrogens (tertiary/aromatic N) is 1. The molecule has 5 rings (SSSR count). The van der Waals surface area contributed by atoms with E-state index in [9.17, 15) is 9.18 Å². The molecule has 2 saturated heterocycles. The lowest BCUT2D eigenvalue weighted by atomic mass is 9.83. The number of hydrogen-bond donors (Lipinski definition) is 2. The molecule has 2 fully saturated rings. The number of para-hydroxylation sites is 1. The first-order valence-electron chi connectivity index (χ1n) is 9.85. The first-order valence-corrected chi connectivity index (χ1v) is 9.85. The third kappa shape index (κ3) is 3.03. The molecule has 1 amide bonds. The van der Waals surface area contributed by atoms with Gasteiger partial charge >= 0.3 is 0 Å². The van der Waals surface area contributed by atoms with Crippen LogP contribution < -0.4 is 15.8 Å². The molecular weight excluding hydrogens is 365 g/mol. The first-order chi connectivity index (χ1) is 14.1. The monoisotopic (exact) mass is 387 g/mol. The van der Waals surface area contributed by atoms with Crippen LogP contribution in [-0.4, -0.2) is 11.9 Å². The number of halogens is 1. The third-order valence-corrected chi connectivity index (χ3v) is 5.99. The Morgan fingerprint density at radius 3 is 2.10 bits per heavy atom. The van der Waals surface area contributed by atoms with Crippen molar-refractivity contribution in [2.45, 2.75) is 25.0 Å². The van der Waals surface area contributed by atoms with Crippen LogP contribution >= 0.6 is 0 Å². The molecule has 0 saturated carbocycles. The molecule has 0 spiro atoms. The molecule has 0 radical (unpaired) electrons. The zero-order valence-corrected chi connectivity index (χ0v) is 16.0. The average molecular weight is 387 g/mol. The van der Waals surface area contributed by atoms with Crippen LogP contribution in [0.3, 0.4) is 0 Å². The van der Waals surface area contributed by atoms with E-state index in [4.69, 9.17) is 0 Å². The van der Waals surface area contributed by atoms with Gasteiger partial charge in [0, 0.05) is 11.6 Å². The Bertz CT molecular complexity index is 1020. The molecule has 0 bridgehead atoms. The Kier molecular flexibility index (Phi) is 4.42. The van der Waals surface area contributed by atoms with Gasteiger partial charge in [-0.1, -0.05) is 60.2 Å². The van der Waals surface area contributed by atoms with Crippen molar-refractivity contribution in [2.75, 3.05) is 4.90 Å². The van der Waals surface area contributed by atoms with Crippen LogP contribution in [0.15, 0.2) is 78.9 Å². The van der Waals surface area contributed by atoms with Crippen LogP contribution in [0.25, 0.3) is 0 Å². The van der Waals surface area contributed by atoms with Gasteiger partial charge in [0.25, 0.3) is 0 Å². The molecule has 2 N–H and O–H groups in total. The number of aryl methyl sites for hydroxylation is 1. The van der Waals surface area contributed by atoms with Crippen molar-refractivity contribution in [3.05, 3.63) is 101 Å². The van der Waals surface area contributed by atoms with E-state index in [0.29, 0.717) is 0 Å². The Morgan fingerprint density at radius 2 is 1.41 bits per heavy atom. The highest BCUT2D eigenvalue weighted by Crippen LogP contribution is 2.48. The fraction of sp³-hybridized carbons (Fsp3) is 0.208. The average Bonchev–Trinajstić information content (AvgIpc) is 3.29. The van der Waals surface area contributed by atoms with Gasteiger partial charge < -0.3 is 4.90 Å². The van der Waals surface area contributed by atoms with Crippen molar-refractivity contribution >= 4 is 11.6 Å². The molecule has 0 aliphatic carbocycles. The summed E-state index contributed by atoms with van der Waals surface area (Å²) in [7, 11) is 0. The Morgan fingerprint density at radius 1 is 0.793 bits per heavy atom. The summed E-state index contributed by atoms with van der Waals surface area (Å²) in [5.74, 6) is -0.250. The number of hydrogen-bond acceptors (Lipinski definition) is 3. The molecule has 4 nitrogen and oxygen atoms in total. The summed E-state index contributed by atoms with van der Waals surface area (Å²) >= 11 is 0. The van der Waals surface area contributed by atoms with E-state index in [1.54, 1.807) is 12.1 Å². The number of benzene rings is 3. The number of carbonyl (C=O) groups excluding carboxylic acids is 1. The predicted octanol–water partition coefficient (Wildman–Crippen LogP) is 4.06. The van der Waals surface area contributed by atoms with Crippen molar-refractivity contribution < 1.29 is 9.18 Å². The predicted molar refractivity (Wildman–Crippen MR) is 111 cm³/mol. The summed E-state index contributed by atoms with van der Waals surface area (Å²) in [5.41, 5.74) is 10.6.